The number of nitrogen functional groups attached to an aromatic ring is 1. The van der Waals surface area contributed by atoms with E-state index in [1.807, 2.05) is 36.4 Å². The van der Waals surface area contributed by atoms with Crippen LogP contribution in [0.15, 0.2) is 48.8 Å². The van der Waals surface area contributed by atoms with Crippen molar-refractivity contribution in [3.63, 3.8) is 0 Å². The number of anilines is 2. The molecule has 0 bridgehead atoms. The van der Waals surface area contributed by atoms with E-state index in [-0.39, 0.29) is 6.04 Å². The maximum absolute atomic E-state index is 5.63. The summed E-state index contributed by atoms with van der Waals surface area (Å²) in [6.45, 7) is 2.12. The van der Waals surface area contributed by atoms with E-state index in [1.54, 1.807) is 12.4 Å². The van der Waals surface area contributed by atoms with Gasteiger partial charge in [0.05, 0.1) is 0 Å². The minimum absolute atomic E-state index is 0.256. The molecule has 0 aliphatic carbocycles. The minimum atomic E-state index is 0.256. The summed E-state index contributed by atoms with van der Waals surface area (Å²) in [5.74, 6) is 0. The third-order valence-electron chi connectivity index (χ3n) is 2.50. The lowest BCUT2D eigenvalue weighted by molar-refractivity contribution is 0.881. The van der Waals surface area contributed by atoms with Crippen molar-refractivity contribution >= 4 is 11.4 Å². The van der Waals surface area contributed by atoms with Gasteiger partial charge in [-0.2, -0.15) is 0 Å². The topological polar surface area (TPSA) is 50.9 Å². The summed E-state index contributed by atoms with van der Waals surface area (Å²) in [4.78, 5) is 4.00. The Labute approximate surface area is 95.3 Å². The molecule has 0 saturated heterocycles. The Morgan fingerprint density at radius 3 is 2.31 bits per heavy atom. The van der Waals surface area contributed by atoms with Gasteiger partial charge >= 0.3 is 0 Å². The molecule has 3 N–H and O–H groups in total. The van der Waals surface area contributed by atoms with Gasteiger partial charge in [-0.1, -0.05) is 0 Å². The predicted octanol–water partition coefficient (Wildman–Crippen LogP) is 2.84. The number of nitrogens with zero attached hydrogens (tertiary/aromatic N) is 1. The van der Waals surface area contributed by atoms with Crippen LogP contribution in [-0.4, -0.2) is 4.98 Å². The maximum atomic E-state index is 5.63. The molecule has 1 aromatic carbocycles. The second-order valence-electron chi connectivity index (χ2n) is 3.77. The summed E-state index contributed by atoms with van der Waals surface area (Å²) in [6, 6.07) is 12.0. The Hall–Kier alpha value is -2.03. The number of pyridine rings is 1. The molecule has 0 aliphatic heterocycles. The largest absolute Gasteiger partial charge is 0.399 e. The molecule has 2 aromatic rings. The SMILES string of the molecule is CC(Nc1ccc(N)cc1)c1ccncc1. The van der Waals surface area contributed by atoms with Crippen LogP contribution in [0.3, 0.4) is 0 Å². The van der Waals surface area contributed by atoms with Gasteiger partial charge < -0.3 is 11.1 Å². The highest BCUT2D eigenvalue weighted by atomic mass is 14.9. The standard InChI is InChI=1S/C13H15N3/c1-10(11-6-8-15-9-7-11)16-13-4-2-12(14)3-5-13/h2-10,16H,14H2,1H3. The molecule has 0 amide bonds. The second kappa shape index (κ2) is 4.66. The lowest BCUT2D eigenvalue weighted by Crippen LogP contribution is -2.06. The van der Waals surface area contributed by atoms with E-state index in [0.717, 1.165) is 11.4 Å². The zero-order valence-electron chi connectivity index (χ0n) is 9.22. The van der Waals surface area contributed by atoms with E-state index in [9.17, 15) is 0 Å². The van der Waals surface area contributed by atoms with Crippen LogP contribution in [0, 0.1) is 0 Å². The Balaban J connectivity index is 2.08. The predicted molar refractivity (Wildman–Crippen MR) is 67.1 cm³/mol. The highest BCUT2D eigenvalue weighted by Crippen LogP contribution is 2.19. The van der Waals surface area contributed by atoms with Crippen LogP contribution in [0.4, 0.5) is 11.4 Å². The molecular formula is C13H15N3. The van der Waals surface area contributed by atoms with Gasteiger partial charge in [-0.05, 0) is 48.9 Å². The van der Waals surface area contributed by atoms with Gasteiger partial charge in [0.15, 0.2) is 0 Å². The number of nitrogens with two attached hydrogens (primary N) is 1. The first-order chi connectivity index (χ1) is 7.75. The van der Waals surface area contributed by atoms with Crippen molar-refractivity contribution < 1.29 is 0 Å². The molecule has 0 saturated carbocycles. The van der Waals surface area contributed by atoms with E-state index < -0.39 is 0 Å². The third kappa shape index (κ3) is 2.51. The molecule has 2 rings (SSSR count). The zero-order chi connectivity index (χ0) is 11.4. The van der Waals surface area contributed by atoms with Gasteiger partial charge in [0.2, 0.25) is 0 Å². The fraction of sp³-hybridized carbons (Fsp3) is 0.154. The molecule has 0 spiro atoms. The summed E-state index contributed by atoms with van der Waals surface area (Å²) in [7, 11) is 0. The Morgan fingerprint density at radius 1 is 1.06 bits per heavy atom. The molecule has 0 fully saturated rings. The summed E-state index contributed by atoms with van der Waals surface area (Å²) < 4.78 is 0. The van der Waals surface area contributed by atoms with Crippen LogP contribution >= 0.6 is 0 Å². The molecule has 82 valence electrons. The Bertz CT molecular complexity index is 436. The van der Waals surface area contributed by atoms with Crippen molar-refractivity contribution in [2.75, 3.05) is 11.1 Å². The molecule has 0 aliphatic rings. The summed E-state index contributed by atoms with van der Waals surface area (Å²) >= 11 is 0. The lowest BCUT2D eigenvalue weighted by Gasteiger charge is -2.15. The Kier molecular flexibility index (Phi) is 3.05. The van der Waals surface area contributed by atoms with E-state index in [4.69, 9.17) is 5.73 Å². The highest BCUT2D eigenvalue weighted by Gasteiger charge is 2.03. The number of aromatic nitrogens is 1. The van der Waals surface area contributed by atoms with Crippen molar-refractivity contribution in [1.29, 1.82) is 0 Å². The molecule has 3 heteroatoms. The average Bonchev–Trinajstić information content (AvgIpc) is 2.33. The maximum Gasteiger partial charge on any atom is 0.0486 e. The highest BCUT2D eigenvalue weighted by molar-refractivity contribution is 5.52. The van der Waals surface area contributed by atoms with Gasteiger partial charge in [0.1, 0.15) is 0 Å². The number of rotatable bonds is 3. The van der Waals surface area contributed by atoms with Gasteiger partial charge in [-0.3, -0.25) is 4.98 Å². The minimum Gasteiger partial charge on any atom is -0.399 e. The molecule has 1 heterocycles. The van der Waals surface area contributed by atoms with Gasteiger partial charge in [0, 0.05) is 29.8 Å². The van der Waals surface area contributed by atoms with E-state index in [1.165, 1.54) is 5.56 Å². The van der Waals surface area contributed by atoms with Crippen LogP contribution < -0.4 is 11.1 Å². The second-order valence-corrected chi connectivity index (χ2v) is 3.77. The molecular weight excluding hydrogens is 198 g/mol. The monoisotopic (exact) mass is 213 g/mol. The number of hydrogen-bond donors (Lipinski definition) is 2. The number of hydrogen-bond acceptors (Lipinski definition) is 3. The number of nitrogens with one attached hydrogen (secondary N) is 1. The summed E-state index contributed by atoms with van der Waals surface area (Å²) in [6.07, 6.45) is 3.60. The van der Waals surface area contributed by atoms with Gasteiger partial charge in [0.25, 0.3) is 0 Å². The molecule has 0 radical (unpaired) electrons. The van der Waals surface area contributed by atoms with Crippen LogP contribution in [0.2, 0.25) is 0 Å². The first-order valence-electron chi connectivity index (χ1n) is 5.28. The van der Waals surface area contributed by atoms with E-state index in [0.29, 0.717) is 0 Å². The molecule has 1 atom stereocenters. The van der Waals surface area contributed by atoms with Crippen molar-refractivity contribution in [3.05, 3.63) is 54.4 Å². The van der Waals surface area contributed by atoms with E-state index >= 15 is 0 Å². The molecule has 1 aromatic heterocycles. The quantitative estimate of drug-likeness (QED) is 0.771. The van der Waals surface area contributed by atoms with E-state index in [2.05, 4.69) is 17.2 Å². The molecule has 3 nitrogen and oxygen atoms in total. The smallest absolute Gasteiger partial charge is 0.0486 e. The van der Waals surface area contributed by atoms with Crippen LogP contribution in [-0.2, 0) is 0 Å². The lowest BCUT2D eigenvalue weighted by atomic mass is 10.1. The summed E-state index contributed by atoms with van der Waals surface area (Å²) in [5, 5.41) is 3.40. The van der Waals surface area contributed by atoms with Crippen molar-refractivity contribution in [2.24, 2.45) is 0 Å². The average molecular weight is 213 g/mol. The van der Waals surface area contributed by atoms with Crippen molar-refractivity contribution in [3.8, 4) is 0 Å². The van der Waals surface area contributed by atoms with Crippen LogP contribution in [0.25, 0.3) is 0 Å². The van der Waals surface area contributed by atoms with Crippen LogP contribution in [0.5, 0.6) is 0 Å². The summed E-state index contributed by atoms with van der Waals surface area (Å²) in [5.41, 5.74) is 8.70. The first-order valence-corrected chi connectivity index (χ1v) is 5.28. The zero-order valence-corrected chi connectivity index (χ0v) is 9.22. The fourth-order valence-electron chi connectivity index (χ4n) is 1.56. The Morgan fingerprint density at radius 2 is 1.69 bits per heavy atom. The molecule has 16 heavy (non-hydrogen) atoms. The normalized spacial score (nSPS) is 12.1. The van der Waals surface area contributed by atoms with Crippen LogP contribution in [0.1, 0.15) is 18.5 Å². The fourth-order valence-corrected chi connectivity index (χ4v) is 1.56. The molecule has 1 unspecified atom stereocenters. The van der Waals surface area contributed by atoms with Gasteiger partial charge in [-0.15, -0.1) is 0 Å². The first kappa shape index (κ1) is 10.5. The van der Waals surface area contributed by atoms with Gasteiger partial charge in [-0.25, -0.2) is 0 Å². The van der Waals surface area contributed by atoms with Crippen molar-refractivity contribution in [1.82, 2.24) is 4.98 Å². The third-order valence-corrected chi connectivity index (χ3v) is 2.50. The van der Waals surface area contributed by atoms with Crippen molar-refractivity contribution in [2.45, 2.75) is 13.0 Å². The number of benzene rings is 1.